The number of hydrogen-bond donors (Lipinski definition) is 6. The summed E-state index contributed by atoms with van der Waals surface area (Å²) in [6.45, 7) is 12.8. The molecule has 0 aliphatic carbocycles. The molecule has 2 saturated heterocycles. The first-order valence-corrected chi connectivity index (χ1v) is 23.4. The molecule has 0 bridgehead atoms. The molecule has 4 atom stereocenters. The highest BCUT2D eigenvalue weighted by Gasteiger charge is 2.64. The third-order valence-electron chi connectivity index (χ3n) is 12.1. The molecule has 6 N–H and O–H groups in total. The number of nitrogens with zero attached hydrogens (tertiary/aromatic N) is 3. The van der Waals surface area contributed by atoms with Gasteiger partial charge in [0.2, 0.25) is 23.6 Å². The van der Waals surface area contributed by atoms with Crippen LogP contribution in [-0.4, -0.2) is 143 Å². The van der Waals surface area contributed by atoms with Gasteiger partial charge in [0, 0.05) is 51.6 Å². The Labute approximate surface area is 398 Å². The minimum atomic E-state index is -3.29. The molecule has 2 aliphatic heterocycles. The molecule has 4 rings (SSSR count). The van der Waals surface area contributed by atoms with Gasteiger partial charge < -0.3 is 46.2 Å². The van der Waals surface area contributed by atoms with Crippen molar-refractivity contribution >= 4 is 41.8 Å². The zero-order valence-electron chi connectivity index (χ0n) is 41.0. The maximum atomic E-state index is 15.7. The Hall–Kier alpha value is -6.01. The SMILES string of the molecule is CNC(=O)N1CCC2(CN(C(=O)[C@@H](CCCCNC(=O)OC(C)(C)C)NC(=O)[C@@H](CC(C)C)NC(=O)[C@@H](Cc3ccccc3)NC(=O)[C@@H](Cc3ccccc3)N(C(=O)O)C(C)(C)C)C2)C(F)(F)C1. The lowest BCUT2D eigenvalue weighted by Crippen LogP contribution is -2.73. The molecule has 376 valence electrons. The lowest BCUT2D eigenvalue weighted by Gasteiger charge is -2.57. The Balaban J connectivity index is 1.58. The molecule has 0 unspecified atom stereocenters. The summed E-state index contributed by atoms with van der Waals surface area (Å²) in [6, 6.07) is 12.2. The number of rotatable bonds is 19. The molecular weight excluding hydrogens is 883 g/mol. The van der Waals surface area contributed by atoms with Crippen LogP contribution in [0.5, 0.6) is 0 Å². The summed E-state index contributed by atoms with van der Waals surface area (Å²) in [7, 11) is 1.36. The fourth-order valence-electron chi connectivity index (χ4n) is 8.64. The van der Waals surface area contributed by atoms with Crippen LogP contribution in [0.25, 0.3) is 0 Å². The predicted molar refractivity (Wildman–Crippen MR) is 252 cm³/mol. The van der Waals surface area contributed by atoms with Gasteiger partial charge in [0.25, 0.3) is 5.92 Å². The van der Waals surface area contributed by atoms with Crippen LogP contribution in [0.15, 0.2) is 60.7 Å². The molecule has 2 aromatic carbocycles. The maximum Gasteiger partial charge on any atom is 0.408 e. The number of halogens is 2. The molecule has 68 heavy (non-hydrogen) atoms. The van der Waals surface area contributed by atoms with Crippen molar-refractivity contribution in [3.63, 3.8) is 0 Å². The topological polar surface area (TPSA) is 219 Å². The second-order valence-electron chi connectivity index (χ2n) is 20.4. The van der Waals surface area contributed by atoms with Crippen molar-refractivity contribution in [2.24, 2.45) is 11.3 Å². The van der Waals surface area contributed by atoms with E-state index in [0.29, 0.717) is 24.0 Å². The van der Waals surface area contributed by atoms with Crippen LogP contribution in [-0.2, 0) is 36.8 Å². The highest BCUT2D eigenvalue weighted by atomic mass is 19.3. The van der Waals surface area contributed by atoms with E-state index in [1.165, 1.54) is 11.9 Å². The van der Waals surface area contributed by atoms with Crippen LogP contribution in [0.4, 0.5) is 23.2 Å². The number of alkyl halides is 2. The number of urea groups is 1. The zero-order valence-corrected chi connectivity index (χ0v) is 41.0. The van der Waals surface area contributed by atoms with Gasteiger partial charge in [-0.15, -0.1) is 0 Å². The largest absolute Gasteiger partial charge is 0.465 e. The van der Waals surface area contributed by atoms with Gasteiger partial charge in [-0.05, 0) is 90.7 Å². The number of likely N-dealkylation sites (tertiary alicyclic amines) is 2. The van der Waals surface area contributed by atoms with E-state index in [1.54, 1.807) is 102 Å². The van der Waals surface area contributed by atoms with Crippen molar-refractivity contribution in [1.29, 1.82) is 0 Å². The molecule has 0 saturated carbocycles. The third kappa shape index (κ3) is 15.3. The number of benzene rings is 2. The van der Waals surface area contributed by atoms with Gasteiger partial charge in [-0.1, -0.05) is 74.5 Å². The summed E-state index contributed by atoms with van der Waals surface area (Å²) >= 11 is 0. The molecule has 17 nitrogen and oxygen atoms in total. The highest BCUT2D eigenvalue weighted by Crippen LogP contribution is 2.50. The van der Waals surface area contributed by atoms with Crippen molar-refractivity contribution in [2.45, 2.75) is 142 Å². The van der Waals surface area contributed by atoms with Gasteiger partial charge in [0.15, 0.2) is 0 Å². The molecule has 0 radical (unpaired) electrons. The van der Waals surface area contributed by atoms with E-state index >= 15 is 8.78 Å². The van der Waals surface area contributed by atoms with E-state index in [1.807, 2.05) is 13.8 Å². The standard InChI is InChI=1S/C49H72F2N8O9/c1-32(2)26-36(55-40(61)37(27-33-18-12-10-13-19-33)56-41(62)38(28-34-20-14-11-15-21-34)59(45(66)67)46(3,4)5)39(60)54-35(22-16-17-24-53-44(65)68-47(6,7)8)42(63)58-29-48(30-58)23-25-57(43(64)52-9)31-49(48,50)51/h10-15,18-21,32,35-38H,16-17,22-31H2,1-9H3,(H,52,64)(H,53,65)(H,54,60)(H,55,61)(H,56,62)(H,66,67)/t35-,36-,37-,38-/m1/s1. The molecule has 2 fully saturated rings. The van der Waals surface area contributed by atoms with Crippen molar-refractivity contribution in [3.8, 4) is 0 Å². The van der Waals surface area contributed by atoms with Crippen LogP contribution in [0, 0.1) is 11.3 Å². The quantitative estimate of drug-likeness (QED) is 0.100. The first-order valence-electron chi connectivity index (χ1n) is 23.4. The van der Waals surface area contributed by atoms with E-state index in [-0.39, 0.29) is 64.2 Å². The predicted octanol–water partition coefficient (Wildman–Crippen LogP) is 5.32. The Morgan fingerprint density at radius 2 is 1.29 bits per heavy atom. The molecular formula is C49H72F2N8O9. The average Bonchev–Trinajstić information content (AvgIpc) is 3.22. The normalized spacial score (nSPS) is 17.1. The summed E-state index contributed by atoms with van der Waals surface area (Å²) in [5.74, 6) is -6.22. The van der Waals surface area contributed by atoms with E-state index in [4.69, 9.17) is 4.74 Å². The minimum absolute atomic E-state index is 0.00498. The summed E-state index contributed by atoms with van der Waals surface area (Å²) in [5.41, 5.74) is -1.93. The smallest absolute Gasteiger partial charge is 0.408 e. The number of unbranched alkanes of at least 4 members (excludes halogenated alkanes) is 1. The van der Waals surface area contributed by atoms with E-state index in [2.05, 4.69) is 26.6 Å². The molecule has 2 heterocycles. The minimum Gasteiger partial charge on any atom is -0.465 e. The lowest BCUT2D eigenvalue weighted by molar-refractivity contribution is -0.219. The van der Waals surface area contributed by atoms with Gasteiger partial charge in [0.1, 0.15) is 29.8 Å². The van der Waals surface area contributed by atoms with E-state index in [9.17, 15) is 38.7 Å². The summed E-state index contributed by atoms with van der Waals surface area (Å²) < 4.78 is 36.7. The Kier molecular flexibility index (Phi) is 18.7. The fourth-order valence-corrected chi connectivity index (χ4v) is 8.64. The summed E-state index contributed by atoms with van der Waals surface area (Å²) in [6.07, 6.45) is -1.13. The van der Waals surface area contributed by atoms with Crippen LogP contribution >= 0.6 is 0 Å². The molecule has 0 aromatic heterocycles. The van der Waals surface area contributed by atoms with Crippen molar-refractivity contribution in [2.75, 3.05) is 39.8 Å². The van der Waals surface area contributed by atoms with Crippen LogP contribution in [0.3, 0.4) is 0 Å². The van der Waals surface area contributed by atoms with Gasteiger partial charge in [-0.2, -0.15) is 0 Å². The molecule has 19 heteroatoms. The monoisotopic (exact) mass is 955 g/mol. The van der Waals surface area contributed by atoms with E-state index < -0.39 is 95.0 Å². The number of carbonyl (C=O) groups excluding carboxylic acids is 6. The molecule has 1 spiro atoms. The summed E-state index contributed by atoms with van der Waals surface area (Å²) in [4.78, 5) is 98.1. The first kappa shape index (κ1) is 54.6. The number of amides is 8. The Morgan fingerprint density at radius 3 is 1.81 bits per heavy atom. The highest BCUT2D eigenvalue weighted by molar-refractivity contribution is 5.95. The van der Waals surface area contributed by atoms with Gasteiger partial charge in [-0.25, -0.2) is 23.2 Å². The molecule has 2 aromatic rings. The molecule has 8 amide bonds. The van der Waals surface area contributed by atoms with Crippen molar-refractivity contribution < 1.29 is 52.2 Å². The maximum absolute atomic E-state index is 15.7. The van der Waals surface area contributed by atoms with Gasteiger partial charge >= 0.3 is 18.2 Å². The lowest BCUT2D eigenvalue weighted by atomic mass is 9.69. The van der Waals surface area contributed by atoms with E-state index in [0.717, 1.165) is 9.80 Å². The van der Waals surface area contributed by atoms with Crippen LogP contribution < -0.4 is 26.6 Å². The Morgan fingerprint density at radius 1 is 0.750 bits per heavy atom. The number of piperidine rings is 1. The number of nitrogens with one attached hydrogen (secondary N) is 5. The zero-order chi connectivity index (χ0) is 50.6. The average molecular weight is 955 g/mol. The second-order valence-corrected chi connectivity index (χ2v) is 20.4. The number of carbonyl (C=O) groups is 7. The van der Waals surface area contributed by atoms with Crippen LogP contribution in [0.2, 0.25) is 0 Å². The third-order valence-corrected chi connectivity index (χ3v) is 12.1. The fraction of sp³-hybridized carbons (Fsp3) is 0.612. The number of alkyl carbamates (subject to hydrolysis) is 1. The van der Waals surface area contributed by atoms with Gasteiger partial charge in [0.05, 0.1) is 12.0 Å². The summed E-state index contributed by atoms with van der Waals surface area (Å²) in [5, 5.41) is 23.9. The number of ether oxygens (including phenoxy) is 1. The van der Waals surface area contributed by atoms with Crippen molar-refractivity contribution in [1.82, 2.24) is 41.3 Å². The number of hydrogen-bond acceptors (Lipinski definition) is 8. The number of carboxylic acid groups (broad SMARTS) is 1. The molecule has 2 aliphatic rings. The second kappa shape index (κ2) is 23.3. The van der Waals surface area contributed by atoms with Gasteiger partial charge in [-0.3, -0.25) is 24.1 Å². The Bertz CT molecular complexity index is 2060. The van der Waals surface area contributed by atoms with Crippen LogP contribution in [0.1, 0.15) is 98.6 Å². The van der Waals surface area contributed by atoms with Crippen molar-refractivity contribution in [3.05, 3.63) is 71.8 Å². The first-order chi connectivity index (χ1) is 31.8.